The van der Waals surface area contributed by atoms with Crippen LogP contribution in [0.4, 0.5) is 11.4 Å². The predicted octanol–water partition coefficient (Wildman–Crippen LogP) is 7.41. The Balaban J connectivity index is 1.42. The molecule has 0 bridgehead atoms. The summed E-state index contributed by atoms with van der Waals surface area (Å²) in [4.78, 5) is 5.87. The first-order chi connectivity index (χ1) is 16.6. The Morgan fingerprint density at radius 3 is 2.65 bits per heavy atom. The van der Waals surface area contributed by atoms with Gasteiger partial charge in [-0.05, 0) is 98.6 Å². The van der Waals surface area contributed by atoms with E-state index in [1.54, 1.807) is 0 Å². The number of benzene rings is 2. The summed E-state index contributed by atoms with van der Waals surface area (Å²) in [6.07, 6.45) is 13.1. The van der Waals surface area contributed by atoms with Gasteiger partial charge >= 0.3 is 0 Å². The van der Waals surface area contributed by atoms with E-state index < -0.39 is 0 Å². The summed E-state index contributed by atoms with van der Waals surface area (Å²) in [5.41, 5.74) is 7.03. The van der Waals surface area contributed by atoms with E-state index in [2.05, 4.69) is 71.3 Å². The third-order valence-electron chi connectivity index (χ3n) is 7.21. The van der Waals surface area contributed by atoms with Crippen LogP contribution >= 0.6 is 0 Å². The monoisotopic (exact) mass is 447 g/mol. The lowest BCUT2D eigenvalue weighted by molar-refractivity contribution is 0.00776. The number of fused-ring (bicyclic) bond motifs is 1. The molecule has 34 heavy (non-hydrogen) atoms. The molecule has 0 aromatic heterocycles. The number of aryl methyl sites for hydroxylation is 2. The molecule has 1 fully saturated rings. The predicted molar refractivity (Wildman–Crippen MR) is 136 cm³/mol. The first kappa shape index (κ1) is 22.1. The Morgan fingerprint density at radius 1 is 1.12 bits per heavy atom. The first-order valence-corrected chi connectivity index (χ1v) is 12.2. The second-order valence-electron chi connectivity index (χ2n) is 9.63. The van der Waals surface area contributed by atoms with Crippen LogP contribution in [0.2, 0.25) is 0 Å². The number of nitriles is 1. The SMILES string of the molecule is [C-]#[N+]C(C#N)=C1C=C(C=Cc2ccc3c(c2)CCCN3c2ccc(C)cc2)OC2(CCCC2)C1. The Labute approximate surface area is 202 Å². The molecule has 2 heterocycles. The van der Waals surface area contributed by atoms with Crippen LogP contribution in [0.25, 0.3) is 10.9 Å². The van der Waals surface area contributed by atoms with Crippen LogP contribution in [0, 0.1) is 24.8 Å². The number of allylic oxidation sites excluding steroid dienone is 3. The zero-order valence-corrected chi connectivity index (χ0v) is 19.7. The van der Waals surface area contributed by atoms with Gasteiger partial charge in [0, 0.05) is 24.3 Å². The second kappa shape index (κ2) is 9.24. The molecule has 0 atom stereocenters. The van der Waals surface area contributed by atoms with Crippen molar-refractivity contribution >= 4 is 17.5 Å². The topological polar surface area (TPSA) is 40.6 Å². The van der Waals surface area contributed by atoms with Crippen LogP contribution in [-0.2, 0) is 11.2 Å². The molecular weight excluding hydrogens is 418 g/mol. The third-order valence-corrected chi connectivity index (χ3v) is 7.21. The quantitative estimate of drug-likeness (QED) is 0.363. The molecule has 0 N–H and O–H groups in total. The van der Waals surface area contributed by atoms with Crippen molar-refractivity contribution < 1.29 is 4.74 Å². The average molecular weight is 448 g/mol. The zero-order chi connectivity index (χ0) is 23.5. The van der Waals surface area contributed by atoms with Crippen LogP contribution in [0.5, 0.6) is 0 Å². The van der Waals surface area contributed by atoms with E-state index in [4.69, 9.17) is 11.3 Å². The van der Waals surface area contributed by atoms with Crippen LogP contribution in [0.3, 0.4) is 0 Å². The molecule has 2 aliphatic heterocycles. The largest absolute Gasteiger partial charge is 0.487 e. The van der Waals surface area contributed by atoms with E-state index in [0.29, 0.717) is 6.42 Å². The van der Waals surface area contributed by atoms with Gasteiger partial charge in [0.15, 0.2) is 0 Å². The standard InChI is InChI=1S/C30H29N3O/c1-22-7-11-26(12-8-22)33-17-5-6-24-18-23(10-14-29(24)33)9-13-27-19-25(28(21-31)32-2)20-30(34-27)15-3-4-16-30/h7-14,18-19H,3-6,15-17,20H2,1H3. The number of anilines is 2. The molecule has 1 spiro atoms. The minimum atomic E-state index is -0.263. The number of ether oxygens (including phenoxy) is 1. The first-order valence-electron chi connectivity index (χ1n) is 12.2. The number of nitrogens with zero attached hydrogens (tertiary/aromatic N) is 3. The fraction of sp³-hybridized carbons (Fsp3) is 0.333. The summed E-state index contributed by atoms with van der Waals surface area (Å²) >= 11 is 0. The van der Waals surface area contributed by atoms with Gasteiger partial charge in [0.2, 0.25) is 0 Å². The van der Waals surface area contributed by atoms with Gasteiger partial charge in [0.25, 0.3) is 5.70 Å². The Kier molecular flexibility index (Phi) is 5.99. The molecule has 4 nitrogen and oxygen atoms in total. The van der Waals surface area contributed by atoms with Crippen LogP contribution in [0.15, 0.2) is 71.6 Å². The molecule has 5 rings (SSSR count). The molecule has 1 saturated carbocycles. The van der Waals surface area contributed by atoms with Crippen molar-refractivity contribution in [1.29, 1.82) is 5.26 Å². The van der Waals surface area contributed by atoms with Crippen LogP contribution < -0.4 is 4.90 Å². The summed E-state index contributed by atoms with van der Waals surface area (Å²) in [6.45, 7) is 10.5. The smallest absolute Gasteiger partial charge is 0.265 e. The lowest BCUT2D eigenvalue weighted by atomic mass is 9.88. The lowest BCUT2D eigenvalue weighted by Gasteiger charge is -2.35. The van der Waals surface area contributed by atoms with Gasteiger partial charge in [0.1, 0.15) is 11.4 Å². The van der Waals surface area contributed by atoms with Crippen molar-refractivity contribution in [2.45, 2.75) is 57.5 Å². The summed E-state index contributed by atoms with van der Waals surface area (Å²) < 4.78 is 6.44. The van der Waals surface area contributed by atoms with Crippen LogP contribution in [0.1, 0.15) is 55.2 Å². The summed E-state index contributed by atoms with van der Waals surface area (Å²) in [7, 11) is 0. The van der Waals surface area contributed by atoms with Gasteiger partial charge in [-0.1, -0.05) is 29.8 Å². The highest BCUT2D eigenvalue weighted by molar-refractivity contribution is 5.70. The summed E-state index contributed by atoms with van der Waals surface area (Å²) in [5.74, 6) is 0.749. The molecule has 3 aliphatic rings. The van der Waals surface area contributed by atoms with Crippen LogP contribution in [-0.4, -0.2) is 12.1 Å². The van der Waals surface area contributed by atoms with Gasteiger partial charge in [-0.25, -0.2) is 10.1 Å². The fourth-order valence-electron chi connectivity index (χ4n) is 5.48. The Bertz CT molecular complexity index is 1250. The number of hydrogen-bond donors (Lipinski definition) is 0. The number of rotatable bonds is 3. The third kappa shape index (κ3) is 4.37. The maximum absolute atomic E-state index is 9.42. The molecule has 0 amide bonds. The maximum atomic E-state index is 9.42. The van der Waals surface area contributed by atoms with E-state index >= 15 is 0 Å². The molecular formula is C30H29N3O. The van der Waals surface area contributed by atoms with Crippen molar-refractivity contribution in [1.82, 2.24) is 0 Å². The van der Waals surface area contributed by atoms with Crippen molar-refractivity contribution in [2.24, 2.45) is 0 Å². The van der Waals surface area contributed by atoms with Gasteiger partial charge in [-0.2, -0.15) is 0 Å². The van der Waals surface area contributed by atoms with Crippen molar-refractivity contribution in [2.75, 3.05) is 11.4 Å². The van der Waals surface area contributed by atoms with Gasteiger partial charge in [0.05, 0.1) is 12.6 Å². The molecule has 0 saturated heterocycles. The van der Waals surface area contributed by atoms with E-state index in [9.17, 15) is 5.26 Å². The van der Waals surface area contributed by atoms with E-state index in [1.807, 2.05) is 12.2 Å². The van der Waals surface area contributed by atoms with Crippen molar-refractivity contribution in [3.05, 3.63) is 99.8 Å². The van der Waals surface area contributed by atoms with Gasteiger partial charge in [-0.15, -0.1) is 0 Å². The second-order valence-corrected chi connectivity index (χ2v) is 9.63. The highest BCUT2D eigenvalue weighted by atomic mass is 16.5. The van der Waals surface area contributed by atoms with Crippen molar-refractivity contribution in [3.63, 3.8) is 0 Å². The molecule has 2 aromatic rings. The molecule has 0 radical (unpaired) electrons. The Hall–Kier alpha value is -3.76. The molecule has 1 aliphatic carbocycles. The van der Waals surface area contributed by atoms with E-state index in [-0.39, 0.29) is 11.3 Å². The van der Waals surface area contributed by atoms with E-state index in [1.165, 1.54) is 22.5 Å². The lowest BCUT2D eigenvalue weighted by Crippen LogP contribution is -2.31. The molecule has 4 heteroatoms. The van der Waals surface area contributed by atoms with Gasteiger partial charge in [-0.3, -0.25) is 0 Å². The zero-order valence-electron chi connectivity index (χ0n) is 19.7. The number of hydrogen-bond acceptors (Lipinski definition) is 3. The van der Waals surface area contributed by atoms with E-state index in [0.717, 1.165) is 62.0 Å². The molecule has 0 unspecified atom stereocenters. The molecule has 170 valence electrons. The highest BCUT2D eigenvalue weighted by Gasteiger charge is 2.39. The fourth-order valence-corrected chi connectivity index (χ4v) is 5.48. The minimum Gasteiger partial charge on any atom is -0.487 e. The minimum absolute atomic E-state index is 0.186. The van der Waals surface area contributed by atoms with Crippen molar-refractivity contribution in [3.8, 4) is 6.07 Å². The maximum Gasteiger partial charge on any atom is 0.265 e. The molecule has 2 aromatic carbocycles. The summed E-state index contributed by atoms with van der Waals surface area (Å²) in [5, 5.41) is 9.42. The van der Waals surface area contributed by atoms with Gasteiger partial charge < -0.3 is 9.64 Å². The summed E-state index contributed by atoms with van der Waals surface area (Å²) in [6, 6.07) is 17.5. The highest BCUT2D eigenvalue weighted by Crippen LogP contribution is 2.44. The average Bonchev–Trinajstić information content (AvgIpc) is 3.30. The Morgan fingerprint density at radius 2 is 1.91 bits per heavy atom. The normalized spacial score (nSPS) is 20.3.